The summed E-state index contributed by atoms with van der Waals surface area (Å²) in [6.45, 7) is 5.82. The Balaban J connectivity index is 2.14. The summed E-state index contributed by atoms with van der Waals surface area (Å²) < 4.78 is 11.0. The van der Waals surface area contributed by atoms with Gasteiger partial charge in [0.25, 0.3) is 5.91 Å². The smallest absolute Gasteiger partial charge is 0.251 e. The molecule has 1 N–H and O–H groups in total. The first kappa shape index (κ1) is 12.7. The Morgan fingerprint density at radius 1 is 1.28 bits per heavy atom. The summed E-state index contributed by atoms with van der Waals surface area (Å²) in [4.78, 5) is 12.0. The van der Waals surface area contributed by atoms with E-state index in [0.717, 1.165) is 24.2 Å². The quantitative estimate of drug-likeness (QED) is 0.833. The predicted octanol–water partition coefficient (Wildman–Crippen LogP) is 2.30. The second kappa shape index (κ2) is 5.76. The van der Waals surface area contributed by atoms with Gasteiger partial charge in [-0.15, -0.1) is 0 Å². The molecule has 4 heteroatoms. The molecule has 0 aliphatic carbocycles. The van der Waals surface area contributed by atoms with Gasteiger partial charge in [0.05, 0.1) is 0 Å². The fourth-order valence-electron chi connectivity index (χ4n) is 1.91. The zero-order valence-electron chi connectivity index (χ0n) is 10.9. The van der Waals surface area contributed by atoms with Crippen LogP contribution >= 0.6 is 0 Å². The van der Waals surface area contributed by atoms with Gasteiger partial charge in [-0.1, -0.05) is 13.3 Å². The minimum atomic E-state index is -0.0436. The normalized spacial score (nSPS) is 13.2. The first-order chi connectivity index (χ1) is 8.72. The molecule has 1 aliphatic heterocycles. The number of nitrogens with one attached hydrogen (secondary N) is 1. The van der Waals surface area contributed by atoms with Crippen molar-refractivity contribution >= 4 is 5.91 Å². The van der Waals surface area contributed by atoms with Crippen LogP contribution in [-0.4, -0.2) is 25.7 Å². The van der Waals surface area contributed by atoms with E-state index in [1.807, 2.05) is 13.0 Å². The highest BCUT2D eigenvalue weighted by molar-refractivity contribution is 5.96. The number of unbranched alkanes of at least 4 members (excludes halogenated alkanes) is 1. The van der Waals surface area contributed by atoms with Gasteiger partial charge >= 0.3 is 0 Å². The van der Waals surface area contributed by atoms with Crippen LogP contribution in [-0.2, 0) is 0 Å². The maximum absolute atomic E-state index is 12.0. The van der Waals surface area contributed by atoms with Gasteiger partial charge in [-0.3, -0.25) is 4.79 Å². The molecule has 0 saturated carbocycles. The molecule has 1 aromatic rings. The van der Waals surface area contributed by atoms with Crippen LogP contribution in [0, 0.1) is 6.92 Å². The number of hydrogen-bond donors (Lipinski definition) is 1. The molecule has 0 aromatic heterocycles. The van der Waals surface area contributed by atoms with E-state index in [1.165, 1.54) is 0 Å². The van der Waals surface area contributed by atoms with Gasteiger partial charge in [0, 0.05) is 12.1 Å². The summed E-state index contributed by atoms with van der Waals surface area (Å²) in [7, 11) is 0. The van der Waals surface area contributed by atoms with Gasteiger partial charge in [0.15, 0.2) is 11.5 Å². The van der Waals surface area contributed by atoms with Gasteiger partial charge in [-0.05, 0) is 31.0 Å². The van der Waals surface area contributed by atoms with Gasteiger partial charge in [-0.25, -0.2) is 0 Å². The van der Waals surface area contributed by atoms with Gasteiger partial charge in [0.1, 0.15) is 13.2 Å². The molecule has 1 aromatic carbocycles. The Hall–Kier alpha value is -1.71. The molecular formula is C14H19NO3. The van der Waals surface area contributed by atoms with Gasteiger partial charge in [0.2, 0.25) is 0 Å². The minimum Gasteiger partial charge on any atom is -0.486 e. The van der Waals surface area contributed by atoms with Crippen molar-refractivity contribution in [3.8, 4) is 11.5 Å². The lowest BCUT2D eigenvalue weighted by Crippen LogP contribution is -2.25. The minimum absolute atomic E-state index is 0.0436. The molecule has 0 bridgehead atoms. The molecule has 2 rings (SSSR count). The standard InChI is InChI=1S/C14H19NO3/c1-3-4-5-15-14(16)11-9-13-12(8-10(11)2)17-6-7-18-13/h8-9H,3-7H2,1-2H3,(H,15,16). The van der Waals surface area contributed by atoms with Crippen molar-refractivity contribution in [1.29, 1.82) is 0 Å². The summed E-state index contributed by atoms with van der Waals surface area (Å²) in [6, 6.07) is 3.63. The van der Waals surface area contributed by atoms with E-state index < -0.39 is 0 Å². The molecular weight excluding hydrogens is 230 g/mol. The van der Waals surface area contributed by atoms with E-state index in [-0.39, 0.29) is 5.91 Å². The second-order valence-corrected chi connectivity index (χ2v) is 4.42. The molecule has 98 valence electrons. The molecule has 1 heterocycles. The zero-order chi connectivity index (χ0) is 13.0. The van der Waals surface area contributed by atoms with Crippen LogP contribution in [0.1, 0.15) is 35.7 Å². The lowest BCUT2D eigenvalue weighted by Gasteiger charge is -2.20. The van der Waals surface area contributed by atoms with Crippen molar-refractivity contribution < 1.29 is 14.3 Å². The predicted molar refractivity (Wildman–Crippen MR) is 69.4 cm³/mol. The number of benzene rings is 1. The lowest BCUT2D eigenvalue weighted by molar-refractivity contribution is 0.0951. The van der Waals surface area contributed by atoms with E-state index >= 15 is 0 Å². The molecule has 0 unspecified atom stereocenters. The van der Waals surface area contributed by atoms with Crippen molar-refractivity contribution in [2.45, 2.75) is 26.7 Å². The number of aryl methyl sites for hydroxylation is 1. The van der Waals surface area contributed by atoms with Gasteiger partial charge in [-0.2, -0.15) is 0 Å². The molecule has 0 saturated heterocycles. The number of ether oxygens (including phenoxy) is 2. The number of carbonyl (C=O) groups is 1. The van der Waals surface area contributed by atoms with Crippen molar-refractivity contribution in [2.24, 2.45) is 0 Å². The number of fused-ring (bicyclic) bond motifs is 1. The Morgan fingerprint density at radius 3 is 2.61 bits per heavy atom. The SMILES string of the molecule is CCCCNC(=O)c1cc2c(cc1C)OCCO2. The van der Waals surface area contributed by atoms with Crippen LogP contribution in [0.25, 0.3) is 0 Å². The lowest BCUT2D eigenvalue weighted by atomic mass is 10.1. The zero-order valence-corrected chi connectivity index (χ0v) is 10.9. The first-order valence-corrected chi connectivity index (χ1v) is 6.41. The Labute approximate surface area is 107 Å². The summed E-state index contributed by atoms with van der Waals surface area (Å²) in [5, 5.41) is 2.91. The Morgan fingerprint density at radius 2 is 1.94 bits per heavy atom. The fourth-order valence-corrected chi connectivity index (χ4v) is 1.91. The highest BCUT2D eigenvalue weighted by Gasteiger charge is 2.17. The highest BCUT2D eigenvalue weighted by Crippen LogP contribution is 2.32. The second-order valence-electron chi connectivity index (χ2n) is 4.42. The summed E-state index contributed by atoms with van der Waals surface area (Å²) >= 11 is 0. The van der Waals surface area contributed by atoms with Crippen molar-refractivity contribution in [1.82, 2.24) is 5.32 Å². The molecule has 1 amide bonds. The van der Waals surface area contributed by atoms with Crippen LogP contribution in [0.15, 0.2) is 12.1 Å². The number of amides is 1. The maximum Gasteiger partial charge on any atom is 0.251 e. The van der Waals surface area contributed by atoms with Gasteiger partial charge < -0.3 is 14.8 Å². The molecule has 0 spiro atoms. The number of hydrogen-bond acceptors (Lipinski definition) is 3. The van der Waals surface area contributed by atoms with E-state index in [9.17, 15) is 4.79 Å². The van der Waals surface area contributed by atoms with E-state index in [4.69, 9.17) is 9.47 Å². The van der Waals surface area contributed by atoms with Crippen LogP contribution in [0.3, 0.4) is 0 Å². The van der Waals surface area contributed by atoms with Crippen molar-refractivity contribution in [3.05, 3.63) is 23.3 Å². The summed E-state index contributed by atoms with van der Waals surface area (Å²) in [5.74, 6) is 1.34. The summed E-state index contributed by atoms with van der Waals surface area (Å²) in [6.07, 6.45) is 2.07. The van der Waals surface area contributed by atoms with Crippen molar-refractivity contribution in [3.63, 3.8) is 0 Å². The van der Waals surface area contributed by atoms with E-state index in [0.29, 0.717) is 31.1 Å². The number of carbonyl (C=O) groups excluding carboxylic acids is 1. The average molecular weight is 249 g/mol. The average Bonchev–Trinajstić information content (AvgIpc) is 2.38. The highest BCUT2D eigenvalue weighted by atomic mass is 16.6. The van der Waals surface area contributed by atoms with Crippen LogP contribution in [0.2, 0.25) is 0 Å². The van der Waals surface area contributed by atoms with Crippen LogP contribution in [0.4, 0.5) is 0 Å². The number of rotatable bonds is 4. The van der Waals surface area contributed by atoms with Crippen LogP contribution < -0.4 is 14.8 Å². The fraction of sp³-hybridized carbons (Fsp3) is 0.500. The summed E-state index contributed by atoms with van der Waals surface area (Å²) in [5.41, 5.74) is 1.57. The third-order valence-electron chi connectivity index (χ3n) is 2.95. The molecule has 0 atom stereocenters. The Bertz CT molecular complexity index is 443. The molecule has 4 nitrogen and oxygen atoms in total. The molecule has 1 aliphatic rings. The largest absolute Gasteiger partial charge is 0.486 e. The van der Waals surface area contributed by atoms with Crippen LogP contribution in [0.5, 0.6) is 11.5 Å². The first-order valence-electron chi connectivity index (χ1n) is 6.41. The Kier molecular flexibility index (Phi) is 4.07. The molecule has 18 heavy (non-hydrogen) atoms. The monoisotopic (exact) mass is 249 g/mol. The topological polar surface area (TPSA) is 47.6 Å². The third-order valence-corrected chi connectivity index (χ3v) is 2.95. The van der Waals surface area contributed by atoms with E-state index in [1.54, 1.807) is 6.07 Å². The van der Waals surface area contributed by atoms with Crippen molar-refractivity contribution in [2.75, 3.05) is 19.8 Å². The third kappa shape index (κ3) is 2.75. The molecule has 0 fully saturated rings. The molecule has 0 radical (unpaired) electrons. The van der Waals surface area contributed by atoms with E-state index in [2.05, 4.69) is 12.2 Å². The maximum atomic E-state index is 12.0.